The Kier molecular flexibility index (Phi) is 4.71. The maximum Gasteiger partial charge on any atom is 0.313 e. The molecule has 2 atom stereocenters. The van der Waals surface area contributed by atoms with Gasteiger partial charge in [-0.05, 0) is 37.5 Å². The maximum absolute atomic E-state index is 12.3. The molecule has 1 aliphatic carbocycles. The molecule has 24 heavy (non-hydrogen) atoms. The van der Waals surface area contributed by atoms with E-state index in [2.05, 4.69) is 0 Å². The van der Waals surface area contributed by atoms with Crippen LogP contribution in [0.5, 0.6) is 5.75 Å². The van der Waals surface area contributed by atoms with E-state index in [1.54, 1.807) is 12.1 Å². The van der Waals surface area contributed by atoms with Crippen LogP contribution in [0.4, 0.5) is 0 Å². The van der Waals surface area contributed by atoms with E-state index in [0.717, 1.165) is 5.56 Å². The molecule has 1 aromatic carbocycles. The van der Waals surface area contributed by atoms with Crippen molar-refractivity contribution in [2.75, 3.05) is 6.54 Å². The molecule has 1 fully saturated rings. The minimum atomic E-state index is -0.518. The zero-order valence-electron chi connectivity index (χ0n) is 13.3. The Balaban J connectivity index is 1.59. The van der Waals surface area contributed by atoms with Gasteiger partial charge in [0.25, 0.3) is 0 Å². The Labute approximate surface area is 145 Å². The average Bonchev–Trinajstić information content (AvgIpc) is 2.81. The summed E-state index contributed by atoms with van der Waals surface area (Å²) in [6, 6.07) is 5.15. The fourth-order valence-electron chi connectivity index (χ4n) is 3.15. The van der Waals surface area contributed by atoms with Crippen LogP contribution in [0.15, 0.2) is 30.4 Å². The quantitative estimate of drug-likeness (QED) is 0.363. The highest BCUT2D eigenvalue weighted by molar-refractivity contribution is 6.32. The van der Waals surface area contributed by atoms with Gasteiger partial charge in [-0.3, -0.25) is 19.3 Å². The molecule has 0 radical (unpaired) electrons. The van der Waals surface area contributed by atoms with Crippen molar-refractivity contribution < 1.29 is 19.1 Å². The van der Waals surface area contributed by atoms with Crippen LogP contribution in [-0.4, -0.2) is 29.2 Å². The summed E-state index contributed by atoms with van der Waals surface area (Å²) in [5.74, 6) is -1.14. The number of carbonyl (C=O) groups is 3. The van der Waals surface area contributed by atoms with Crippen LogP contribution >= 0.6 is 11.6 Å². The summed E-state index contributed by atoms with van der Waals surface area (Å²) in [5, 5.41) is 0.347. The van der Waals surface area contributed by atoms with Gasteiger partial charge in [-0.1, -0.05) is 29.8 Å². The van der Waals surface area contributed by atoms with Crippen molar-refractivity contribution in [1.82, 2.24) is 4.90 Å². The Morgan fingerprint density at radius 3 is 2.46 bits per heavy atom. The molecule has 1 aliphatic heterocycles. The number of imide groups is 1. The van der Waals surface area contributed by atoms with Crippen molar-refractivity contribution in [2.24, 2.45) is 11.8 Å². The second-order valence-corrected chi connectivity index (χ2v) is 6.55. The number of halogens is 1. The van der Waals surface area contributed by atoms with Crippen molar-refractivity contribution in [3.63, 3.8) is 0 Å². The molecule has 6 heteroatoms. The van der Waals surface area contributed by atoms with Crippen LogP contribution in [0, 0.1) is 18.8 Å². The molecule has 1 aromatic rings. The molecule has 2 aliphatic rings. The number of allylic oxidation sites excluding steroid dienone is 2. The normalized spacial score (nSPS) is 22.7. The van der Waals surface area contributed by atoms with Crippen molar-refractivity contribution in [3.8, 4) is 5.75 Å². The molecule has 1 saturated heterocycles. The number of hydrogen-bond donors (Lipinski definition) is 0. The second kappa shape index (κ2) is 6.77. The Hall–Kier alpha value is -2.14. The zero-order valence-corrected chi connectivity index (χ0v) is 14.1. The van der Waals surface area contributed by atoms with E-state index >= 15 is 0 Å². The minimum Gasteiger partial charge on any atom is -0.425 e. The zero-order chi connectivity index (χ0) is 17.3. The lowest BCUT2D eigenvalue weighted by atomic mass is 9.85. The lowest BCUT2D eigenvalue weighted by Crippen LogP contribution is -2.33. The molecule has 2 amide bonds. The Morgan fingerprint density at radius 1 is 1.21 bits per heavy atom. The number of aryl methyl sites for hydroxylation is 1. The first kappa shape index (κ1) is 16.7. The Morgan fingerprint density at radius 2 is 1.83 bits per heavy atom. The van der Waals surface area contributed by atoms with Crippen molar-refractivity contribution in [3.05, 3.63) is 40.9 Å². The number of rotatable bonds is 4. The molecule has 0 bridgehead atoms. The van der Waals surface area contributed by atoms with E-state index in [4.69, 9.17) is 16.3 Å². The maximum atomic E-state index is 12.3. The number of ether oxygens (including phenoxy) is 1. The molecule has 0 N–H and O–H groups in total. The van der Waals surface area contributed by atoms with Gasteiger partial charge in [0.05, 0.1) is 23.3 Å². The second-order valence-electron chi connectivity index (χ2n) is 6.14. The lowest BCUT2D eigenvalue weighted by molar-refractivity contribution is -0.141. The summed E-state index contributed by atoms with van der Waals surface area (Å²) in [6.07, 6.45) is 5.01. The van der Waals surface area contributed by atoms with Crippen molar-refractivity contribution >= 4 is 29.4 Å². The lowest BCUT2D eigenvalue weighted by Gasteiger charge is -2.14. The number of esters is 1. The fourth-order valence-corrected chi connectivity index (χ4v) is 3.31. The number of nitrogens with zero attached hydrogens (tertiary/aromatic N) is 1. The van der Waals surface area contributed by atoms with Crippen LogP contribution in [0.3, 0.4) is 0 Å². The average molecular weight is 348 g/mol. The molecular formula is C18H18ClNO4. The van der Waals surface area contributed by atoms with Gasteiger partial charge in [-0.25, -0.2) is 0 Å². The summed E-state index contributed by atoms with van der Waals surface area (Å²) >= 11 is 5.99. The molecule has 0 spiro atoms. The standard InChI is InChI=1S/C18H18ClNO4/c1-11-6-7-14(19)15(10-11)24-16(21)8-9-20-17(22)12-4-2-3-5-13(12)18(20)23/h2-3,6-7,10,12-13H,4-5,8-9H2,1H3/t12-,13-/m1/s1. The van der Waals surface area contributed by atoms with E-state index in [1.807, 2.05) is 25.1 Å². The molecular weight excluding hydrogens is 330 g/mol. The highest BCUT2D eigenvalue weighted by Crippen LogP contribution is 2.35. The third-order valence-electron chi connectivity index (χ3n) is 4.45. The smallest absolute Gasteiger partial charge is 0.313 e. The third-order valence-corrected chi connectivity index (χ3v) is 4.76. The van der Waals surface area contributed by atoms with Crippen LogP contribution < -0.4 is 4.74 Å². The van der Waals surface area contributed by atoms with Gasteiger partial charge in [0, 0.05) is 6.54 Å². The summed E-state index contributed by atoms with van der Waals surface area (Å²) in [7, 11) is 0. The highest BCUT2D eigenvalue weighted by Gasteiger charge is 2.46. The first-order chi connectivity index (χ1) is 11.5. The van der Waals surface area contributed by atoms with Crippen molar-refractivity contribution in [1.29, 1.82) is 0 Å². The molecule has 0 aromatic heterocycles. The van der Waals surface area contributed by atoms with Gasteiger partial charge in [-0.2, -0.15) is 0 Å². The minimum absolute atomic E-state index is 0.0470. The fraction of sp³-hybridized carbons (Fsp3) is 0.389. The monoisotopic (exact) mass is 347 g/mol. The van der Waals surface area contributed by atoms with Gasteiger partial charge in [0.1, 0.15) is 5.75 Å². The highest BCUT2D eigenvalue weighted by atomic mass is 35.5. The van der Waals surface area contributed by atoms with E-state index in [-0.39, 0.29) is 36.6 Å². The molecule has 0 saturated carbocycles. The first-order valence-corrected chi connectivity index (χ1v) is 8.32. The van der Waals surface area contributed by atoms with Crippen LogP contribution in [0.1, 0.15) is 24.8 Å². The number of amides is 2. The van der Waals surface area contributed by atoms with E-state index in [9.17, 15) is 14.4 Å². The van der Waals surface area contributed by atoms with Crippen LogP contribution in [0.2, 0.25) is 5.02 Å². The van der Waals surface area contributed by atoms with Gasteiger partial charge in [0.2, 0.25) is 11.8 Å². The first-order valence-electron chi connectivity index (χ1n) is 7.94. The number of benzene rings is 1. The number of likely N-dealkylation sites (tertiary alicyclic amines) is 1. The van der Waals surface area contributed by atoms with E-state index in [1.165, 1.54) is 4.90 Å². The van der Waals surface area contributed by atoms with Crippen LogP contribution in [0.25, 0.3) is 0 Å². The molecule has 5 nitrogen and oxygen atoms in total. The van der Waals surface area contributed by atoms with Gasteiger partial charge in [0.15, 0.2) is 0 Å². The number of hydrogen-bond acceptors (Lipinski definition) is 4. The topological polar surface area (TPSA) is 63.7 Å². The van der Waals surface area contributed by atoms with E-state index in [0.29, 0.717) is 23.6 Å². The SMILES string of the molecule is Cc1ccc(Cl)c(OC(=O)CCN2C(=O)[C@@H]3CC=CC[C@H]3C2=O)c1. The number of fused-ring (bicyclic) bond motifs is 1. The predicted molar refractivity (Wildman–Crippen MR) is 88.5 cm³/mol. The molecule has 126 valence electrons. The number of carbonyl (C=O) groups excluding carboxylic acids is 3. The largest absolute Gasteiger partial charge is 0.425 e. The summed E-state index contributed by atoms with van der Waals surface area (Å²) in [5.41, 5.74) is 0.920. The van der Waals surface area contributed by atoms with Gasteiger partial charge >= 0.3 is 5.97 Å². The van der Waals surface area contributed by atoms with Gasteiger partial charge in [-0.15, -0.1) is 0 Å². The summed E-state index contributed by atoms with van der Waals surface area (Å²) < 4.78 is 5.24. The Bertz CT molecular complexity index is 702. The van der Waals surface area contributed by atoms with Crippen LogP contribution in [-0.2, 0) is 14.4 Å². The van der Waals surface area contributed by atoms with E-state index < -0.39 is 5.97 Å². The summed E-state index contributed by atoms with van der Waals surface area (Å²) in [6.45, 7) is 1.91. The van der Waals surface area contributed by atoms with Crippen molar-refractivity contribution in [2.45, 2.75) is 26.2 Å². The molecule has 0 unspecified atom stereocenters. The third kappa shape index (κ3) is 3.22. The molecule has 1 heterocycles. The van der Waals surface area contributed by atoms with Gasteiger partial charge < -0.3 is 4.74 Å². The molecule has 3 rings (SSSR count). The summed E-state index contributed by atoms with van der Waals surface area (Å²) in [4.78, 5) is 37.8. The predicted octanol–water partition coefficient (Wildman–Crippen LogP) is 2.90.